The average Bonchev–Trinajstić information content (AvgIpc) is 2.91. The molecule has 2 heteroatoms. The molecule has 4 unspecified atom stereocenters. The monoisotopic (exact) mass is 533 g/mol. The van der Waals surface area contributed by atoms with Crippen LogP contribution in [0.3, 0.4) is 0 Å². The Balaban J connectivity index is 2.25. The van der Waals surface area contributed by atoms with Crippen LogP contribution in [0.2, 0.25) is 0 Å². The smallest absolute Gasteiger partial charge is 0.0951 e. The number of fused-ring (bicyclic) bond motifs is 1. The van der Waals surface area contributed by atoms with Crippen molar-refractivity contribution in [1.82, 2.24) is 0 Å². The van der Waals surface area contributed by atoms with Crippen molar-refractivity contribution in [2.45, 2.75) is 188 Å². The van der Waals surface area contributed by atoms with Gasteiger partial charge in [-0.15, -0.1) is 0 Å². The van der Waals surface area contributed by atoms with Crippen LogP contribution in [0, 0.1) is 22.7 Å². The van der Waals surface area contributed by atoms with Gasteiger partial charge in [0.05, 0.1) is 5.76 Å². The minimum atomic E-state index is 0.146. The zero-order valence-electron chi connectivity index (χ0n) is 26.4. The van der Waals surface area contributed by atoms with E-state index in [1.165, 1.54) is 147 Å². The molecule has 0 spiro atoms. The van der Waals surface area contributed by atoms with Gasteiger partial charge in [-0.3, -0.25) is 0 Å². The van der Waals surface area contributed by atoms with Gasteiger partial charge in [-0.25, -0.2) is 0 Å². The summed E-state index contributed by atoms with van der Waals surface area (Å²) in [5.74, 6) is 1.28. The van der Waals surface area contributed by atoms with Crippen LogP contribution in [0.25, 0.3) is 0 Å². The van der Waals surface area contributed by atoms with Crippen LogP contribution in [0.4, 0.5) is 0 Å². The van der Waals surface area contributed by atoms with E-state index in [-0.39, 0.29) is 17.9 Å². The van der Waals surface area contributed by atoms with E-state index in [9.17, 15) is 10.2 Å². The van der Waals surface area contributed by atoms with Crippen LogP contribution in [0.5, 0.6) is 0 Å². The fourth-order valence-electron chi connectivity index (χ4n) is 8.28. The highest BCUT2D eigenvalue weighted by molar-refractivity contribution is 5.20. The zero-order valence-corrected chi connectivity index (χ0v) is 26.4. The summed E-state index contributed by atoms with van der Waals surface area (Å²) in [6.45, 7) is 9.78. The quantitative estimate of drug-likeness (QED) is 0.357. The lowest BCUT2D eigenvalue weighted by Crippen LogP contribution is -2.36. The molecule has 38 heavy (non-hydrogen) atoms. The first-order valence-electron chi connectivity index (χ1n) is 17.4. The number of aliphatic hydroxyl groups is 2. The Hall–Kier alpha value is -0.500. The molecule has 0 saturated heterocycles. The standard InChI is InChI=1S/C36H68O2/c1-5-23-35(4)25-21-19-17-15-13-11-9-8-10-12-14-16-18-20-22-26-36(7-3,24-6-2)29-32-27-31(30-37)28-33(35)34(32)38/h31,33,37-38H,5-30H2,1-4H3. The highest BCUT2D eigenvalue weighted by atomic mass is 16.3. The summed E-state index contributed by atoms with van der Waals surface area (Å²) in [5.41, 5.74) is 1.78. The molecular weight excluding hydrogens is 464 g/mol. The van der Waals surface area contributed by atoms with Crippen molar-refractivity contribution in [2.24, 2.45) is 22.7 Å². The van der Waals surface area contributed by atoms with Gasteiger partial charge in [-0.2, -0.15) is 0 Å². The zero-order chi connectivity index (χ0) is 27.7. The van der Waals surface area contributed by atoms with E-state index in [1.807, 2.05) is 0 Å². The first-order chi connectivity index (χ1) is 18.4. The fraction of sp³-hybridized carbons (Fsp3) is 0.944. The molecule has 2 bridgehead atoms. The van der Waals surface area contributed by atoms with Crippen LogP contribution in [-0.4, -0.2) is 16.8 Å². The van der Waals surface area contributed by atoms with Gasteiger partial charge in [0.15, 0.2) is 0 Å². The predicted molar refractivity (Wildman–Crippen MR) is 167 cm³/mol. The summed E-state index contributed by atoms with van der Waals surface area (Å²) < 4.78 is 0. The van der Waals surface area contributed by atoms with E-state index in [2.05, 4.69) is 27.7 Å². The van der Waals surface area contributed by atoms with Gasteiger partial charge in [0, 0.05) is 12.5 Å². The Morgan fingerprint density at radius 1 is 0.684 bits per heavy atom. The van der Waals surface area contributed by atoms with Crippen LogP contribution >= 0.6 is 0 Å². The maximum Gasteiger partial charge on any atom is 0.0951 e. The predicted octanol–water partition coefficient (Wildman–Crippen LogP) is 11.9. The lowest BCUT2D eigenvalue weighted by molar-refractivity contribution is 0.0724. The molecule has 0 fully saturated rings. The van der Waals surface area contributed by atoms with Gasteiger partial charge in [0.1, 0.15) is 0 Å². The number of aliphatic hydroxyl groups excluding tert-OH is 2. The maximum absolute atomic E-state index is 11.9. The van der Waals surface area contributed by atoms with Crippen molar-refractivity contribution in [1.29, 1.82) is 0 Å². The summed E-state index contributed by atoms with van der Waals surface area (Å²) in [4.78, 5) is 0. The Morgan fingerprint density at radius 3 is 1.61 bits per heavy atom. The van der Waals surface area contributed by atoms with Gasteiger partial charge < -0.3 is 10.2 Å². The van der Waals surface area contributed by atoms with E-state index in [0.29, 0.717) is 11.3 Å². The molecule has 0 amide bonds. The summed E-state index contributed by atoms with van der Waals surface area (Å²) >= 11 is 0. The van der Waals surface area contributed by atoms with Crippen LogP contribution in [0.15, 0.2) is 11.3 Å². The molecule has 0 aromatic heterocycles. The van der Waals surface area contributed by atoms with E-state index in [4.69, 9.17) is 0 Å². The van der Waals surface area contributed by atoms with Crippen molar-refractivity contribution >= 4 is 0 Å². The molecule has 224 valence electrons. The second kappa shape index (κ2) is 18.8. The molecule has 0 aromatic carbocycles. The van der Waals surface area contributed by atoms with Crippen molar-refractivity contribution in [3.63, 3.8) is 0 Å². The molecule has 0 radical (unpaired) electrons. The Morgan fingerprint density at radius 2 is 1.16 bits per heavy atom. The first-order valence-corrected chi connectivity index (χ1v) is 17.4. The van der Waals surface area contributed by atoms with Gasteiger partial charge >= 0.3 is 0 Å². The largest absolute Gasteiger partial charge is 0.512 e. The average molecular weight is 533 g/mol. The number of allylic oxidation sites excluding steroid dienone is 2. The van der Waals surface area contributed by atoms with Gasteiger partial charge in [-0.1, -0.05) is 143 Å². The van der Waals surface area contributed by atoms with Crippen molar-refractivity contribution in [2.75, 3.05) is 6.61 Å². The highest BCUT2D eigenvalue weighted by Gasteiger charge is 2.42. The van der Waals surface area contributed by atoms with Crippen LogP contribution < -0.4 is 0 Å². The summed E-state index contributed by atoms with van der Waals surface area (Å²) in [5, 5.41) is 22.2. The minimum Gasteiger partial charge on any atom is -0.512 e. The third-order valence-corrected chi connectivity index (χ3v) is 10.8. The van der Waals surface area contributed by atoms with Crippen molar-refractivity contribution < 1.29 is 10.2 Å². The van der Waals surface area contributed by atoms with E-state index in [0.717, 1.165) is 25.0 Å². The van der Waals surface area contributed by atoms with E-state index < -0.39 is 0 Å². The second-order valence-electron chi connectivity index (χ2n) is 14.0. The molecule has 0 aromatic rings. The van der Waals surface area contributed by atoms with Crippen molar-refractivity contribution in [3.05, 3.63) is 11.3 Å². The third kappa shape index (κ3) is 11.2. The van der Waals surface area contributed by atoms with Gasteiger partial charge in [0.25, 0.3) is 0 Å². The van der Waals surface area contributed by atoms with E-state index in [1.54, 1.807) is 0 Å². The first kappa shape index (κ1) is 33.7. The van der Waals surface area contributed by atoms with Crippen molar-refractivity contribution in [3.8, 4) is 0 Å². The van der Waals surface area contributed by atoms with Crippen LogP contribution in [0.1, 0.15) is 188 Å². The molecule has 0 saturated carbocycles. The number of hydrogen-bond donors (Lipinski definition) is 2. The third-order valence-electron chi connectivity index (χ3n) is 10.8. The van der Waals surface area contributed by atoms with Crippen LogP contribution in [-0.2, 0) is 0 Å². The molecule has 2 nitrogen and oxygen atoms in total. The lowest BCUT2D eigenvalue weighted by Gasteiger charge is -2.44. The second-order valence-corrected chi connectivity index (χ2v) is 14.0. The summed E-state index contributed by atoms with van der Waals surface area (Å²) in [7, 11) is 0. The van der Waals surface area contributed by atoms with E-state index >= 15 is 0 Å². The Labute approximate surface area is 238 Å². The minimum absolute atomic E-state index is 0.146. The molecule has 2 N–H and O–H groups in total. The topological polar surface area (TPSA) is 40.5 Å². The number of rotatable bonds is 6. The number of hydrogen-bond acceptors (Lipinski definition) is 2. The molecule has 0 heterocycles. The SMILES string of the molecule is CCCC1(CC)CCCCCCCCCCCCCCCCCC(C)(CCC)C2CC(CO)CC(=C2O)C1. The summed E-state index contributed by atoms with van der Waals surface area (Å²) in [6, 6.07) is 0. The molecule has 2 rings (SSSR count). The van der Waals surface area contributed by atoms with Gasteiger partial charge in [-0.05, 0) is 67.3 Å². The molecular formula is C36H68O2. The summed E-state index contributed by atoms with van der Waals surface area (Å²) in [6.07, 6.45) is 32.4. The lowest BCUT2D eigenvalue weighted by atomic mass is 9.61. The van der Waals surface area contributed by atoms with Gasteiger partial charge in [0.2, 0.25) is 0 Å². The normalized spacial score (nSPS) is 32.7. The maximum atomic E-state index is 11.9. The fourth-order valence-corrected chi connectivity index (χ4v) is 8.28. The Kier molecular flexibility index (Phi) is 16.7. The molecule has 2 aliphatic rings. The molecule has 0 aliphatic heterocycles. The molecule has 4 atom stereocenters. The Bertz CT molecular complexity index is 639. The highest BCUT2D eigenvalue weighted by Crippen LogP contribution is 2.51. The molecule has 2 aliphatic carbocycles.